The number of alkyl halides is 6. The second-order valence-electron chi connectivity index (χ2n) is 2.19. The Morgan fingerprint density at radius 3 is 1.53 bits per heavy atom. The average molecular weight is 263 g/mol. The summed E-state index contributed by atoms with van der Waals surface area (Å²) in [6.45, 7) is 0. The standard InChI is InChI=1S/C4H5F6N.H2O3S/c5-2(4(9,10)11)1-3(6,7)8;1-4(2)3/h2H,1,11H2;(H2,1,2,3). The molecule has 0 spiro atoms. The van der Waals surface area contributed by atoms with E-state index in [1.54, 1.807) is 0 Å². The number of halogens is 6. The molecule has 0 heterocycles. The quantitative estimate of drug-likeness (QED) is 0.400. The van der Waals surface area contributed by atoms with Crippen LogP contribution in [0.1, 0.15) is 6.42 Å². The summed E-state index contributed by atoms with van der Waals surface area (Å²) in [4.78, 5) is 0. The zero-order chi connectivity index (χ0) is 12.9. The SMILES string of the molecule is NC(F)(F)C(F)CC(F)(F)F.O=S(O)O. The second kappa shape index (κ2) is 6.25. The van der Waals surface area contributed by atoms with Gasteiger partial charge in [0.25, 0.3) is 11.4 Å². The fourth-order valence-corrected chi connectivity index (χ4v) is 0.339. The maximum absolute atomic E-state index is 11.8. The smallest absolute Gasteiger partial charge is 0.284 e. The van der Waals surface area contributed by atoms with Gasteiger partial charge in [-0.1, -0.05) is 0 Å². The average Bonchev–Trinajstić information content (AvgIpc) is 1.78. The van der Waals surface area contributed by atoms with Crippen molar-refractivity contribution >= 4 is 11.4 Å². The third kappa shape index (κ3) is 16.3. The maximum Gasteiger partial charge on any atom is 0.392 e. The van der Waals surface area contributed by atoms with Crippen molar-refractivity contribution in [2.24, 2.45) is 5.73 Å². The summed E-state index contributed by atoms with van der Waals surface area (Å²) in [5, 5.41) is 0. The van der Waals surface area contributed by atoms with Gasteiger partial charge in [0, 0.05) is 0 Å². The normalized spacial score (nSPS) is 14.5. The van der Waals surface area contributed by atoms with Gasteiger partial charge < -0.3 is 0 Å². The summed E-state index contributed by atoms with van der Waals surface area (Å²) >= 11 is -2.61. The minimum atomic E-state index is -4.96. The summed E-state index contributed by atoms with van der Waals surface area (Å²) in [5.41, 5.74) is 3.78. The van der Waals surface area contributed by atoms with E-state index in [1.807, 2.05) is 0 Å². The summed E-state index contributed by atoms with van der Waals surface area (Å²) in [5.74, 6) is 0. The van der Waals surface area contributed by atoms with Gasteiger partial charge in [-0.05, 0) is 0 Å². The van der Waals surface area contributed by atoms with Gasteiger partial charge >= 0.3 is 12.2 Å². The summed E-state index contributed by atoms with van der Waals surface area (Å²) in [6.07, 6.45) is -10.6. The molecule has 1 unspecified atom stereocenters. The Labute approximate surface area is 82.6 Å². The van der Waals surface area contributed by atoms with Crippen LogP contribution in [0.5, 0.6) is 0 Å². The maximum atomic E-state index is 11.8. The molecule has 0 radical (unpaired) electrons. The lowest BCUT2D eigenvalue weighted by molar-refractivity contribution is -0.176. The van der Waals surface area contributed by atoms with Crippen molar-refractivity contribution in [3.8, 4) is 0 Å². The van der Waals surface area contributed by atoms with Crippen LogP contribution >= 0.6 is 0 Å². The molecule has 0 rings (SSSR count). The van der Waals surface area contributed by atoms with Crippen LogP contribution in [0.3, 0.4) is 0 Å². The fourth-order valence-electron chi connectivity index (χ4n) is 0.339. The lowest BCUT2D eigenvalue weighted by Gasteiger charge is -2.16. The van der Waals surface area contributed by atoms with Gasteiger partial charge in [0.2, 0.25) is 0 Å². The highest BCUT2D eigenvalue weighted by Gasteiger charge is 2.43. The van der Waals surface area contributed by atoms with Gasteiger partial charge in [0.15, 0.2) is 6.17 Å². The first-order valence-corrected chi connectivity index (χ1v) is 4.10. The zero-order valence-corrected chi connectivity index (χ0v) is 7.66. The monoisotopic (exact) mass is 263 g/mol. The highest BCUT2D eigenvalue weighted by Crippen LogP contribution is 2.28. The Hall–Kier alpha value is -0.390. The summed E-state index contributed by atoms with van der Waals surface area (Å²) in [6, 6.07) is -4.42. The van der Waals surface area contributed by atoms with E-state index in [4.69, 9.17) is 13.3 Å². The van der Waals surface area contributed by atoms with E-state index in [1.165, 1.54) is 0 Å². The van der Waals surface area contributed by atoms with Crippen LogP contribution in [-0.4, -0.2) is 31.7 Å². The topological polar surface area (TPSA) is 83.6 Å². The first-order valence-electron chi connectivity index (χ1n) is 3.03. The fraction of sp³-hybridized carbons (Fsp3) is 1.00. The first-order chi connectivity index (χ1) is 6.36. The molecule has 11 heteroatoms. The Balaban J connectivity index is 0. The molecule has 0 aliphatic rings. The minimum absolute atomic E-state index is 2.23. The van der Waals surface area contributed by atoms with Gasteiger partial charge in [0.1, 0.15) is 0 Å². The largest absolute Gasteiger partial charge is 0.392 e. The highest BCUT2D eigenvalue weighted by molar-refractivity contribution is 7.73. The van der Waals surface area contributed by atoms with Gasteiger partial charge in [-0.25, -0.2) is 4.39 Å². The minimum Gasteiger partial charge on any atom is -0.284 e. The van der Waals surface area contributed by atoms with Crippen molar-refractivity contribution in [3.05, 3.63) is 0 Å². The van der Waals surface area contributed by atoms with E-state index in [2.05, 4.69) is 5.73 Å². The Morgan fingerprint density at radius 1 is 1.20 bits per heavy atom. The van der Waals surface area contributed by atoms with Crippen molar-refractivity contribution in [1.29, 1.82) is 0 Å². The van der Waals surface area contributed by atoms with Crippen LogP contribution < -0.4 is 5.73 Å². The van der Waals surface area contributed by atoms with E-state index in [-0.39, 0.29) is 0 Å². The van der Waals surface area contributed by atoms with Gasteiger partial charge in [-0.15, -0.1) is 0 Å². The van der Waals surface area contributed by atoms with Crippen molar-refractivity contribution < 1.29 is 39.7 Å². The number of rotatable bonds is 2. The van der Waals surface area contributed by atoms with Crippen molar-refractivity contribution in [1.82, 2.24) is 0 Å². The van der Waals surface area contributed by atoms with Gasteiger partial charge in [-0.3, -0.25) is 14.8 Å². The molecule has 4 nitrogen and oxygen atoms in total. The van der Waals surface area contributed by atoms with Crippen LogP contribution in [0.2, 0.25) is 0 Å². The van der Waals surface area contributed by atoms with E-state index in [0.29, 0.717) is 0 Å². The molecular formula is C4H7F6NO3S. The Bertz CT molecular complexity index is 200. The second-order valence-corrected chi connectivity index (χ2v) is 2.65. The number of hydrogen-bond donors (Lipinski definition) is 3. The third-order valence-corrected chi connectivity index (χ3v) is 0.828. The molecule has 0 bridgehead atoms. The molecule has 0 aromatic carbocycles. The van der Waals surface area contributed by atoms with Crippen LogP contribution in [0.15, 0.2) is 0 Å². The van der Waals surface area contributed by atoms with Crippen LogP contribution in [-0.2, 0) is 11.4 Å². The van der Waals surface area contributed by atoms with Crippen LogP contribution in [0.25, 0.3) is 0 Å². The van der Waals surface area contributed by atoms with Crippen molar-refractivity contribution in [2.75, 3.05) is 0 Å². The molecular weight excluding hydrogens is 256 g/mol. The molecule has 0 fully saturated rings. The van der Waals surface area contributed by atoms with E-state index >= 15 is 0 Å². The summed E-state index contributed by atoms with van der Waals surface area (Å²) in [7, 11) is 0. The van der Waals surface area contributed by atoms with Crippen molar-refractivity contribution in [3.63, 3.8) is 0 Å². The molecule has 0 aromatic heterocycles. The van der Waals surface area contributed by atoms with Gasteiger partial charge in [-0.2, -0.15) is 26.2 Å². The molecule has 15 heavy (non-hydrogen) atoms. The third-order valence-electron chi connectivity index (χ3n) is 0.828. The zero-order valence-electron chi connectivity index (χ0n) is 6.84. The molecule has 0 amide bonds. The van der Waals surface area contributed by atoms with E-state index < -0.39 is 36.2 Å². The Kier molecular flexibility index (Phi) is 7.09. The van der Waals surface area contributed by atoms with Crippen LogP contribution in [0, 0.1) is 0 Å². The Morgan fingerprint density at radius 2 is 1.47 bits per heavy atom. The predicted molar refractivity (Wildman–Crippen MR) is 38.1 cm³/mol. The molecule has 0 aliphatic carbocycles. The summed E-state index contributed by atoms with van der Waals surface area (Å²) < 4.78 is 91.4. The molecule has 0 saturated heterocycles. The predicted octanol–water partition coefficient (Wildman–Crippen LogP) is 1.51. The number of hydrogen-bond acceptors (Lipinski definition) is 2. The molecule has 94 valence electrons. The molecule has 4 N–H and O–H groups in total. The lowest BCUT2D eigenvalue weighted by atomic mass is 10.2. The van der Waals surface area contributed by atoms with E-state index in [9.17, 15) is 26.3 Å². The first kappa shape index (κ1) is 17.0. The molecule has 0 aliphatic heterocycles. The lowest BCUT2D eigenvalue weighted by Crippen LogP contribution is -2.41. The molecule has 0 saturated carbocycles. The van der Waals surface area contributed by atoms with Crippen LogP contribution in [0.4, 0.5) is 26.3 Å². The highest BCUT2D eigenvalue weighted by atomic mass is 32.2. The van der Waals surface area contributed by atoms with Gasteiger partial charge in [0.05, 0.1) is 6.42 Å². The number of nitrogens with two attached hydrogens (primary N) is 1. The van der Waals surface area contributed by atoms with E-state index in [0.717, 1.165) is 0 Å². The van der Waals surface area contributed by atoms with Crippen molar-refractivity contribution in [2.45, 2.75) is 24.8 Å². The molecule has 1 atom stereocenters. The molecule has 0 aromatic rings.